The fourth-order valence-corrected chi connectivity index (χ4v) is 6.47. The van der Waals surface area contributed by atoms with Gasteiger partial charge in [0, 0.05) is 0 Å². The van der Waals surface area contributed by atoms with Gasteiger partial charge in [0.25, 0.3) is 0 Å². The molecule has 4 unspecified atom stereocenters. The van der Waals surface area contributed by atoms with Gasteiger partial charge in [-0.2, -0.15) is 21.3 Å². The second-order valence-corrected chi connectivity index (χ2v) is 11.5. The zero-order valence-electron chi connectivity index (χ0n) is 16.9. The minimum absolute atomic E-state index is 0.0247. The van der Waals surface area contributed by atoms with E-state index in [2.05, 4.69) is 40.7 Å². The second kappa shape index (κ2) is 10.5. The van der Waals surface area contributed by atoms with Crippen molar-refractivity contribution in [3.05, 3.63) is 12.7 Å². The Labute approximate surface area is 200 Å². The summed E-state index contributed by atoms with van der Waals surface area (Å²) in [5, 5.41) is 20.7. The molecule has 0 amide bonds. The second-order valence-electron chi connectivity index (χ2n) is 6.62. The molecule has 0 radical (unpaired) electrons. The Balaban J connectivity index is 1.78. The minimum Gasteiger partial charge on any atom is -0.387 e. The molecule has 0 saturated carbocycles. The highest BCUT2D eigenvalue weighted by atomic mass is 32.1. The molecule has 196 valence electrons. The van der Waals surface area contributed by atoms with Crippen LogP contribution < -0.4 is 5.73 Å². The lowest BCUT2D eigenvalue weighted by Gasteiger charge is -2.21. The number of thiol groups is 1. The van der Waals surface area contributed by atoms with Gasteiger partial charge < -0.3 is 39.9 Å². The number of nitrogen functional groups attached to an aromatic ring is 1. The van der Waals surface area contributed by atoms with Crippen LogP contribution in [0.15, 0.2) is 12.7 Å². The summed E-state index contributed by atoms with van der Waals surface area (Å²) in [5.41, 5.74) is 5.99. The number of imidazole rings is 1. The molecule has 1 aliphatic rings. The third-order valence-electron chi connectivity index (χ3n) is 4.15. The number of fused-ring (bicyclic) bond motifs is 1. The number of carbonyl (C=O) groups excluding carboxylic acids is 1. The number of nitrogens with two attached hydrogens (primary N) is 1. The predicted octanol–water partition coefficient (Wildman–Crippen LogP) is -1.15. The van der Waals surface area contributed by atoms with Gasteiger partial charge in [-0.3, -0.25) is 13.9 Å². The zero-order valence-corrected chi connectivity index (χ0v) is 20.5. The smallest absolute Gasteiger partial charge is 0.387 e. The van der Waals surface area contributed by atoms with Crippen molar-refractivity contribution in [2.75, 3.05) is 18.1 Å². The van der Waals surface area contributed by atoms with Crippen LogP contribution in [0.5, 0.6) is 0 Å². The van der Waals surface area contributed by atoms with E-state index in [1.165, 1.54) is 10.9 Å². The summed E-state index contributed by atoms with van der Waals surface area (Å²) in [5.74, 6) is -2.08. The van der Waals surface area contributed by atoms with Gasteiger partial charge in [0.2, 0.25) is 0 Å². The highest BCUT2D eigenvalue weighted by Gasteiger charge is 2.48. The number of phosphoric ester groups is 1. The summed E-state index contributed by atoms with van der Waals surface area (Å²) in [7, 11) is -16.9. The van der Waals surface area contributed by atoms with E-state index in [-0.39, 0.29) is 17.0 Å². The van der Waals surface area contributed by atoms with Gasteiger partial charge in [0.1, 0.15) is 30.2 Å². The van der Waals surface area contributed by atoms with E-state index in [9.17, 15) is 33.6 Å². The first-order valence-corrected chi connectivity index (χ1v) is 14.1. The van der Waals surface area contributed by atoms with E-state index in [0.717, 1.165) is 6.33 Å². The Hall–Kier alpha value is -1.50. The van der Waals surface area contributed by atoms with Gasteiger partial charge >= 0.3 is 29.4 Å². The molecular formula is C12H18N5O14P3S. The number of anilines is 1. The van der Waals surface area contributed by atoms with Crippen LogP contribution >= 0.6 is 36.1 Å². The number of aliphatic hydroxyl groups is 2. The molecule has 6 atom stereocenters. The minimum atomic E-state index is -5.82. The predicted molar refractivity (Wildman–Crippen MR) is 113 cm³/mol. The SMILES string of the molecule is Nc1ncnc2c1ncn2[C@@H]1O[C@H](COP(=O)(OC(=O)CS)OP(=O)(O)OP(=O)(O)O)C(O)C1O. The van der Waals surface area contributed by atoms with E-state index in [4.69, 9.17) is 24.8 Å². The number of phosphoric acid groups is 3. The van der Waals surface area contributed by atoms with Gasteiger partial charge in [-0.05, 0) is 0 Å². The van der Waals surface area contributed by atoms with Crippen molar-refractivity contribution in [2.45, 2.75) is 24.5 Å². The Kier molecular flexibility index (Phi) is 8.40. The maximum atomic E-state index is 12.7. The summed E-state index contributed by atoms with van der Waals surface area (Å²) >= 11 is 3.55. The van der Waals surface area contributed by atoms with Gasteiger partial charge in [0.15, 0.2) is 17.7 Å². The molecule has 23 heteroatoms. The number of carbonyl (C=O) groups is 1. The average molecular weight is 581 g/mol. The van der Waals surface area contributed by atoms with Crippen LogP contribution in [0.2, 0.25) is 0 Å². The topological polar surface area (TPSA) is 285 Å². The van der Waals surface area contributed by atoms with Crippen LogP contribution in [0.4, 0.5) is 5.82 Å². The van der Waals surface area contributed by atoms with Crippen LogP contribution in [-0.4, -0.2) is 81.1 Å². The van der Waals surface area contributed by atoms with Crippen molar-refractivity contribution in [2.24, 2.45) is 0 Å². The summed E-state index contributed by atoms with van der Waals surface area (Å²) in [6, 6.07) is 0. The van der Waals surface area contributed by atoms with Gasteiger partial charge in [-0.15, -0.1) is 0 Å². The zero-order chi connectivity index (χ0) is 26.2. The summed E-state index contributed by atoms with van der Waals surface area (Å²) in [6.45, 7) is -0.995. The van der Waals surface area contributed by atoms with Crippen molar-refractivity contribution in [3.63, 3.8) is 0 Å². The number of ether oxygens (including phenoxy) is 1. The molecule has 1 fully saturated rings. The molecule has 0 aliphatic carbocycles. The van der Waals surface area contributed by atoms with E-state index in [1.807, 2.05) is 0 Å². The van der Waals surface area contributed by atoms with Crippen LogP contribution in [0.25, 0.3) is 11.2 Å². The third kappa shape index (κ3) is 6.84. The standard InChI is InChI=1S/C12H18N5O14P3S/c13-10-7-11(15-3-14-10)17(4-16-7)12-9(20)8(19)5(28-12)1-27-34(26,29-6(18)2-35)31-33(24,25)30-32(21,22)23/h3-5,8-9,12,19-20,35H,1-2H2,(H,24,25)(H2,13,14,15)(H2,21,22,23)/t5-,8?,9?,12-,34?/m1/s1. The molecule has 0 aromatic carbocycles. The molecule has 3 heterocycles. The molecule has 2 aromatic heterocycles. The number of hydrogen-bond acceptors (Lipinski definition) is 16. The highest BCUT2D eigenvalue weighted by molar-refractivity contribution is 7.81. The van der Waals surface area contributed by atoms with Crippen LogP contribution in [0.1, 0.15) is 6.23 Å². The lowest BCUT2D eigenvalue weighted by Crippen LogP contribution is -2.33. The molecule has 3 rings (SSSR count). The third-order valence-corrected chi connectivity index (χ3v) is 8.60. The molecule has 1 aliphatic heterocycles. The number of hydrogen-bond donors (Lipinski definition) is 7. The first kappa shape index (κ1) is 28.1. The summed E-state index contributed by atoms with van der Waals surface area (Å²) in [4.78, 5) is 50.0. The normalized spacial score (nSPS) is 26.3. The van der Waals surface area contributed by atoms with Crippen molar-refractivity contribution in [3.8, 4) is 0 Å². The number of nitrogens with zero attached hydrogens (tertiary/aromatic N) is 4. The van der Waals surface area contributed by atoms with Crippen molar-refractivity contribution >= 4 is 59.0 Å². The number of rotatable bonds is 10. The fourth-order valence-electron chi connectivity index (χ4n) is 2.81. The molecule has 0 spiro atoms. The lowest BCUT2D eigenvalue weighted by molar-refractivity contribution is -0.133. The summed E-state index contributed by atoms with van der Waals surface area (Å²) < 4.78 is 58.7. The highest BCUT2D eigenvalue weighted by Crippen LogP contribution is 2.68. The van der Waals surface area contributed by atoms with Gasteiger partial charge in [-0.25, -0.2) is 28.6 Å². The Bertz CT molecular complexity index is 1240. The molecule has 7 N–H and O–H groups in total. The van der Waals surface area contributed by atoms with Gasteiger partial charge in [-0.1, -0.05) is 0 Å². The summed E-state index contributed by atoms with van der Waals surface area (Å²) in [6.07, 6.45) is -3.91. The van der Waals surface area contributed by atoms with Crippen LogP contribution in [0, 0.1) is 0 Å². The van der Waals surface area contributed by atoms with E-state index in [0.29, 0.717) is 0 Å². The monoisotopic (exact) mass is 581 g/mol. The Morgan fingerprint density at radius 3 is 2.46 bits per heavy atom. The van der Waals surface area contributed by atoms with Crippen LogP contribution in [-0.2, 0) is 40.9 Å². The maximum absolute atomic E-state index is 12.7. The quantitative estimate of drug-likeness (QED) is 0.129. The van der Waals surface area contributed by atoms with Gasteiger partial charge in [0.05, 0.1) is 18.7 Å². The Morgan fingerprint density at radius 1 is 1.14 bits per heavy atom. The molecule has 2 aromatic rings. The number of aliphatic hydroxyl groups excluding tert-OH is 2. The molecular weight excluding hydrogens is 563 g/mol. The maximum Gasteiger partial charge on any atom is 0.541 e. The first-order valence-electron chi connectivity index (χ1n) is 8.98. The van der Waals surface area contributed by atoms with Crippen LogP contribution in [0.3, 0.4) is 0 Å². The molecule has 0 bridgehead atoms. The van der Waals surface area contributed by atoms with E-state index >= 15 is 0 Å². The van der Waals surface area contributed by atoms with E-state index in [1.54, 1.807) is 0 Å². The molecule has 1 saturated heterocycles. The lowest BCUT2D eigenvalue weighted by atomic mass is 10.1. The largest absolute Gasteiger partial charge is 0.541 e. The average Bonchev–Trinajstić information content (AvgIpc) is 3.26. The first-order chi connectivity index (χ1) is 16.1. The van der Waals surface area contributed by atoms with Crippen molar-refractivity contribution in [1.29, 1.82) is 0 Å². The molecule has 19 nitrogen and oxygen atoms in total. The van der Waals surface area contributed by atoms with E-state index < -0.39 is 66.3 Å². The fraction of sp³-hybridized carbons (Fsp3) is 0.500. The van der Waals surface area contributed by atoms with Crippen molar-refractivity contribution in [1.82, 2.24) is 19.5 Å². The van der Waals surface area contributed by atoms with Crippen molar-refractivity contribution < 1.29 is 65.8 Å². The molecule has 35 heavy (non-hydrogen) atoms. The number of aromatic nitrogens is 4. The Morgan fingerprint density at radius 2 is 1.83 bits per heavy atom.